The highest BCUT2D eigenvalue weighted by Gasteiger charge is 2.37. The van der Waals surface area contributed by atoms with Crippen LogP contribution >= 0.6 is 0 Å². The summed E-state index contributed by atoms with van der Waals surface area (Å²) in [6, 6.07) is 1.43. The average molecular weight is 254 g/mol. The van der Waals surface area contributed by atoms with E-state index in [1.54, 1.807) is 0 Å². The van der Waals surface area contributed by atoms with Crippen LogP contribution in [0.3, 0.4) is 0 Å². The number of hydrogen-bond acceptors (Lipinski definition) is 3. The molecule has 0 aromatic carbocycles. The van der Waals surface area contributed by atoms with Gasteiger partial charge in [-0.1, -0.05) is 13.8 Å². The summed E-state index contributed by atoms with van der Waals surface area (Å²) in [5, 5.41) is 9.74. The molecule has 0 radical (unpaired) electrons. The summed E-state index contributed by atoms with van der Waals surface area (Å²) in [6.45, 7) is 11.9. The van der Waals surface area contributed by atoms with Gasteiger partial charge >= 0.3 is 0 Å². The fraction of sp³-hybridized carbons (Fsp3) is 1.00. The quantitative estimate of drug-likeness (QED) is 0.812. The zero-order chi connectivity index (χ0) is 13.2. The lowest BCUT2D eigenvalue weighted by Crippen LogP contribution is -2.57. The molecule has 3 heteroatoms. The number of piperazine rings is 1. The topological polar surface area (TPSA) is 26.7 Å². The summed E-state index contributed by atoms with van der Waals surface area (Å²) in [4.78, 5) is 5.30. The first-order valence-electron chi connectivity index (χ1n) is 7.73. The molecule has 106 valence electrons. The van der Waals surface area contributed by atoms with Gasteiger partial charge in [0.05, 0.1) is 0 Å². The fourth-order valence-corrected chi connectivity index (χ4v) is 3.65. The molecule has 0 aliphatic carbocycles. The molecule has 0 aromatic rings. The van der Waals surface area contributed by atoms with E-state index in [0.717, 1.165) is 25.4 Å². The van der Waals surface area contributed by atoms with E-state index in [0.29, 0.717) is 12.6 Å². The van der Waals surface area contributed by atoms with Gasteiger partial charge in [0.2, 0.25) is 0 Å². The van der Waals surface area contributed by atoms with Gasteiger partial charge in [0.15, 0.2) is 0 Å². The van der Waals surface area contributed by atoms with Gasteiger partial charge in [0, 0.05) is 43.7 Å². The standard InChI is InChI=1S/C15H30N2O/c1-4-15(5-2,12-18)11-17-10-14-7-6-8-16(14)9-13(17)3/h13-14,18H,4-12H2,1-3H3. The van der Waals surface area contributed by atoms with E-state index in [1.807, 2.05) is 0 Å². The molecule has 2 heterocycles. The van der Waals surface area contributed by atoms with Gasteiger partial charge in [-0.05, 0) is 39.2 Å². The van der Waals surface area contributed by atoms with Crippen molar-refractivity contribution in [3.8, 4) is 0 Å². The maximum atomic E-state index is 9.74. The van der Waals surface area contributed by atoms with Gasteiger partial charge < -0.3 is 5.11 Å². The Morgan fingerprint density at radius 2 is 1.94 bits per heavy atom. The molecule has 0 bridgehead atoms. The van der Waals surface area contributed by atoms with E-state index < -0.39 is 0 Å². The van der Waals surface area contributed by atoms with Crippen LogP contribution in [-0.4, -0.2) is 59.8 Å². The summed E-state index contributed by atoms with van der Waals surface area (Å²) in [6.07, 6.45) is 4.90. The normalized spacial score (nSPS) is 30.7. The SMILES string of the molecule is CCC(CC)(CO)CN1CC2CCCN2CC1C. The minimum atomic E-state index is 0.120. The second kappa shape index (κ2) is 5.89. The molecule has 2 fully saturated rings. The molecule has 0 aromatic heterocycles. The second-order valence-corrected chi connectivity index (χ2v) is 6.43. The molecule has 2 saturated heterocycles. The van der Waals surface area contributed by atoms with E-state index >= 15 is 0 Å². The third-order valence-electron chi connectivity index (χ3n) is 5.44. The van der Waals surface area contributed by atoms with Crippen LogP contribution in [0.2, 0.25) is 0 Å². The third kappa shape index (κ3) is 2.73. The van der Waals surface area contributed by atoms with E-state index in [2.05, 4.69) is 30.6 Å². The van der Waals surface area contributed by atoms with Gasteiger partial charge in [0.25, 0.3) is 0 Å². The van der Waals surface area contributed by atoms with Gasteiger partial charge in [0.1, 0.15) is 0 Å². The summed E-state index contributed by atoms with van der Waals surface area (Å²) in [7, 11) is 0. The maximum Gasteiger partial charge on any atom is 0.0499 e. The van der Waals surface area contributed by atoms with Crippen LogP contribution in [0, 0.1) is 5.41 Å². The van der Waals surface area contributed by atoms with Crippen molar-refractivity contribution in [2.24, 2.45) is 5.41 Å². The zero-order valence-corrected chi connectivity index (χ0v) is 12.4. The number of nitrogens with zero attached hydrogens (tertiary/aromatic N) is 2. The molecule has 2 atom stereocenters. The van der Waals surface area contributed by atoms with E-state index in [1.165, 1.54) is 32.5 Å². The van der Waals surface area contributed by atoms with Crippen molar-refractivity contribution in [1.82, 2.24) is 9.80 Å². The molecule has 0 amide bonds. The highest BCUT2D eigenvalue weighted by atomic mass is 16.3. The van der Waals surface area contributed by atoms with Crippen molar-refractivity contribution in [3.63, 3.8) is 0 Å². The third-order valence-corrected chi connectivity index (χ3v) is 5.44. The van der Waals surface area contributed by atoms with Crippen molar-refractivity contribution in [2.75, 3.05) is 32.8 Å². The van der Waals surface area contributed by atoms with Gasteiger partial charge in [-0.2, -0.15) is 0 Å². The second-order valence-electron chi connectivity index (χ2n) is 6.43. The first kappa shape index (κ1) is 14.3. The molecule has 2 unspecified atom stereocenters. The Hall–Kier alpha value is -0.120. The lowest BCUT2D eigenvalue weighted by atomic mass is 9.82. The smallest absolute Gasteiger partial charge is 0.0499 e. The Morgan fingerprint density at radius 3 is 2.56 bits per heavy atom. The van der Waals surface area contributed by atoms with Crippen molar-refractivity contribution >= 4 is 0 Å². The number of fused-ring (bicyclic) bond motifs is 1. The van der Waals surface area contributed by atoms with Gasteiger partial charge in [-0.3, -0.25) is 9.80 Å². The van der Waals surface area contributed by atoms with Crippen LogP contribution < -0.4 is 0 Å². The van der Waals surface area contributed by atoms with Crippen molar-refractivity contribution in [2.45, 2.75) is 58.5 Å². The van der Waals surface area contributed by atoms with Gasteiger partial charge in [-0.25, -0.2) is 0 Å². The highest BCUT2D eigenvalue weighted by Crippen LogP contribution is 2.31. The monoisotopic (exact) mass is 254 g/mol. The van der Waals surface area contributed by atoms with E-state index in [4.69, 9.17) is 0 Å². The fourth-order valence-electron chi connectivity index (χ4n) is 3.65. The molecule has 3 nitrogen and oxygen atoms in total. The summed E-state index contributed by atoms with van der Waals surface area (Å²) in [5.41, 5.74) is 0.120. The largest absolute Gasteiger partial charge is 0.396 e. The average Bonchev–Trinajstić information content (AvgIpc) is 2.83. The van der Waals surface area contributed by atoms with Crippen molar-refractivity contribution in [3.05, 3.63) is 0 Å². The molecule has 0 saturated carbocycles. The first-order valence-corrected chi connectivity index (χ1v) is 7.73. The van der Waals surface area contributed by atoms with Crippen LogP contribution in [0.4, 0.5) is 0 Å². The number of rotatable bonds is 5. The number of aliphatic hydroxyl groups is 1. The Bertz CT molecular complexity index is 257. The summed E-state index contributed by atoms with van der Waals surface area (Å²) in [5.74, 6) is 0. The zero-order valence-electron chi connectivity index (χ0n) is 12.4. The van der Waals surface area contributed by atoms with Gasteiger partial charge in [-0.15, -0.1) is 0 Å². The Morgan fingerprint density at radius 1 is 1.22 bits per heavy atom. The minimum absolute atomic E-state index is 0.120. The maximum absolute atomic E-state index is 9.74. The van der Waals surface area contributed by atoms with E-state index in [9.17, 15) is 5.11 Å². The van der Waals surface area contributed by atoms with Crippen LogP contribution in [0.25, 0.3) is 0 Å². The van der Waals surface area contributed by atoms with E-state index in [-0.39, 0.29) is 5.41 Å². The molecular weight excluding hydrogens is 224 g/mol. The predicted octanol–water partition coefficient (Wildman–Crippen LogP) is 1.95. The Labute approximate surface area is 112 Å². The Balaban J connectivity index is 1.99. The van der Waals surface area contributed by atoms with Crippen LogP contribution in [-0.2, 0) is 0 Å². The lowest BCUT2D eigenvalue weighted by molar-refractivity contribution is 0.00166. The van der Waals surface area contributed by atoms with Crippen LogP contribution in [0.5, 0.6) is 0 Å². The number of aliphatic hydroxyl groups excluding tert-OH is 1. The molecule has 2 rings (SSSR count). The molecule has 18 heavy (non-hydrogen) atoms. The predicted molar refractivity (Wildman–Crippen MR) is 75.7 cm³/mol. The lowest BCUT2D eigenvalue weighted by Gasteiger charge is -2.46. The highest BCUT2D eigenvalue weighted by molar-refractivity contribution is 4.93. The first-order chi connectivity index (χ1) is 8.64. The molecule has 2 aliphatic rings. The van der Waals surface area contributed by atoms with Crippen molar-refractivity contribution in [1.29, 1.82) is 0 Å². The van der Waals surface area contributed by atoms with Crippen LogP contribution in [0.15, 0.2) is 0 Å². The number of hydrogen-bond donors (Lipinski definition) is 1. The summed E-state index contributed by atoms with van der Waals surface area (Å²) >= 11 is 0. The molecule has 0 spiro atoms. The van der Waals surface area contributed by atoms with Crippen LogP contribution in [0.1, 0.15) is 46.5 Å². The molecule has 1 N–H and O–H groups in total. The molecule has 2 aliphatic heterocycles. The Kier molecular flexibility index (Phi) is 4.68. The van der Waals surface area contributed by atoms with Crippen molar-refractivity contribution < 1.29 is 5.11 Å². The summed E-state index contributed by atoms with van der Waals surface area (Å²) < 4.78 is 0. The molecular formula is C15H30N2O. The minimum Gasteiger partial charge on any atom is -0.396 e.